The highest BCUT2D eigenvalue weighted by Gasteiger charge is 2.30. The third-order valence-corrected chi connectivity index (χ3v) is 8.98. The number of rotatable bonds is 10. The Morgan fingerprint density at radius 3 is 2.12 bits per heavy atom. The molecule has 0 radical (unpaired) electrons. The normalized spacial score (nSPS) is 15.5. The Balaban J connectivity index is 1.76. The molecule has 11 heteroatoms. The quantitative estimate of drug-likeness (QED) is 0.498. The van der Waals surface area contributed by atoms with Gasteiger partial charge < -0.3 is 14.4 Å². The van der Waals surface area contributed by atoms with Crippen LogP contribution in [0.3, 0.4) is 0 Å². The van der Waals surface area contributed by atoms with Crippen LogP contribution in [0.25, 0.3) is 0 Å². The van der Waals surface area contributed by atoms with Gasteiger partial charge in [-0.05, 0) is 42.3 Å². The van der Waals surface area contributed by atoms with Crippen LogP contribution in [0, 0.1) is 0 Å². The number of methoxy groups -OCH3 is 2. The molecule has 2 aromatic carbocycles. The van der Waals surface area contributed by atoms with Crippen molar-refractivity contribution in [3.05, 3.63) is 48.0 Å². The van der Waals surface area contributed by atoms with Gasteiger partial charge in [0.15, 0.2) is 0 Å². The van der Waals surface area contributed by atoms with Gasteiger partial charge in [0.05, 0.1) is 29.2 Å². The van der Waals surface area contributed by atoms with Crippen molar-refractivity contribution in [1.82, 2.24) is 9.03 Å². The molecule has 2 aromatic rings. The molecule has 1 aliphatic rings. The van der Waals surface area contributed by atoms with E-state index in [1.54, 1.807) is 24.3 Å². The first-order chi connectivity index (χ1) is 15.7. The lowest BCUT2D eigenvalue weighted by Crippen LogP contribution is -2.48. The van der Waals surface area contributed by atoms with Crippen LogP contribution in [-0.4, -0.2) is 74.7 Å². The molecule has 1 aliphatic heterocycles. The lowest BCUT2D eigenvalue weighted by molar-refractivity contribution is 0.204. The van der Waals surface area contributed by atoms with Crippen LogP contribution >= 0.6 is 0 Å². The zero-order valence-electron chi connectivity index (χ0n) is 19.2. The number of hydrogen-bond donors (Lipinski definition) is 1. The second-order valence-electron chi connectivity index (χ2n) is 7.61. The van der Waals surface area contributed by atoms with Crippen LogP contribution in [0.5, 0.6) is 5.75 Å². The van der Waals surface area contributed by atoms with Gasteiger partial charge in [-0.1, -0.05) is 19.1 Å². The first kappa shape index (κ1) is 25.4. The van der Waals surface area contributed by atoms with Gasteiger partial charge in [-0.25, -0.2) is 21.6 Å². The maximum Gasteiger partial charge on any atom is 0.243 e. The number of piperazine rings is 1. The minimum Gasteiger partial charge on any atom is -0.495 e. The summed E-state index contributed by atoms with van der Waals surface area (Å²) in [6.07, 6.45) is 0.845. The van der Waals surface area contributed by atoms with Crippen molar-refractivity contribution in [3.63, 3.8) is 0 Å². The van der Waals surface area contributed by atoms with Crippen LogP contribution in [0.4, 0.5) is 5.69 Å². The Hall–Kier alpha value is -2.18. The molecular weight excluding hydrogens is 466 g/mol. The molecule has 1 fully saturated rings. The van der Waals surface area contributed by atoms with Crippen molar-refractivity contribution in [2.75, 3.05) is 58.5 Å². The number of aryl methyl sites for hydroxylation is 1. The Morgan fingerprint density at radius 1 is 0.909 bits per heavy atom. The predicted octanol–water partition coefficient (Wildman–Crippen LogP) is 1.69. The van der Waals surface area contributed by atoms with Crippen molar-refractivity contribution in [2.45, 2.75) is 23.1 Å². The molecule has 3 rings (SSSR count). The van der Waals surface area contributed by atoms with E-state index in [0.717, 1.165) is 12.0 Å². The first-order valence-corrected chi connectivity index (χ1v) is 13.7. The average Bonchev–Trinajstić information content (AvgIpc) is 2.83. The number of hydrogen-bond acceptors (Lipinski definition) is 7. The molecule has 0 aromatic heterocycles. The summed E-state index contributed by atoms with van der Waals surface area (Å²) >= 11 is 0. The van der Waals surface area contributed by atoms with Crippen molar-refractivity contribution >= 4 is 25.7 Å². The summed E-state index contributed by atoms with van der Waals surface area (Å²) in [5.41, 5.74) is 1.69. The Bertz CT molecular complexity index is 1140. The van der Waals surface area contributed by atoms with Crippen LogP contribution in [0.2, 0.25) is 0 Å². The number of anilines is 1. The van der Waals surface area contributed by atoms with Crippen LogP contribution in [-0.2, 0) is 31.2 Å². The summed E-state index contributed by atoms with van der Waals surface area (Å²) in [6, 6.07) is 11.6. The van der Waals surface area contributed by atoms with E-state index in [9.17, 15) is 16.8 Å². The summed E-state index contributed by atoms with van der Waals surface area (Å²) in [7, 11) is -4.29. The molecule has 0 unspecified atom stereocenters. The second kappa shape index (κ2) is 10.8. The summed E-state index contributed by atoms with van der Waals surface area (Å²) in [5.74, 6) is 0.525. The van der Waals surface area contributed by atoms with E-state index >= 15 is 0 Å². The van der Waals surface area contributed by atoms with E-state index in [4.69, 9.17) is 9.47 Å². The minimum atomic E-state index is -3.71. The monoisotopic (exact) mass is 497 g/mol. The third-order valence-electron chi connectivity index (χ3n) is 5.61. The summed E-state index contributed by atoms with van der Waals surface area (Å²) in [5, 5.41) is 0. The standard InChI is InChI=1S/C22H31N3O6S2/c1-4-18-5-7-19(8-6-18)33(28,29)25-14-12-24(13-15-25)21-17-20(9-10-22(21)31-3)32(26,27)23-11-16-30-2/h5-10,17,23H,4,11-16H2,1-3H3. The van der Waals surface area contributed by atoms with Crippen LogP contribution < -0.4 is 14.4 Å². The molecule has 1 saturated heterocycles. The topological polar surface area (TPSA) is 105 Å². The number of nitrogens with zero attached hydrogens (tertiary/aromatic N) is 2. The van der Waals surface area contributed by atoms with E-state index in [0.29, 0.717) is 24.5 Å². The van der Waals surface area contributed by atoms with Gasteiger partial charge in [-0.15, -0.1) is 0 Å². The SMILES string of the molecule is CCc1ccc(S(=O)(=O)N2CCN(c3cc(S(=O)(=O)NCCOC)ccc3OC)CC2)cc1. The number of sulfonamides is 2. The molecule has 1 heterocycles. The first-order valence-electron chi connectivity index (χ1n) is 10.7. The molecule has 1 N–H and O–H groups in total. The minimum absolute atomic E-state index is 0.112. The van der Waals surface area contributed by atoms with Gasteiger partial charge in [0.2, 0.25) is 20.0 Å². The van der Waals surface area contributed by atoms with Crippen LogP contribution in [0.1, 0.15) is 12.5 Å². The van der Waals surface area contributed by atoms with Crippen molar-refractivity contribution in [2.24, 2.45) is 0 Å². The van der Waals surface area contributed by atoms with Crippen molar-refractivity contribution in [3.8, 4) is 5.75 Å². The molecule has 33 heavy (non-hydrogen) atoms. The van der Waals surface area contributed by atoms with E-state index in [2.05, 4.69) is 4.72 Å². The van der Waals surface area contributed by atoms with Gasteiger partial charge in [0.25, 0.3) is 0 Å². The molecule has 9 nitrogen and oxygen atoms in total. The predicted molar refractivity (Wildman–Crippen MR) is 127 cm³/mol. The summed E-state index contributed by atoms with van der Waals surface area (Å²) in [6.45, 7) is 3.82. The van der Waals surface area contributed by atoms with Crippen molar-refractivity contribution < 1.29 is 26.3 Å². The van der Waals surface area contributed by atoms with Crippen molar-refractivity contribution in [1.29, 1.82) is 0 Å². The molecule has 0 atom stereocenters. The highest BCUT2D eigenvalue weighted by atomic mass is 32.2. The smallest absolute Gasteiger partial charge is 0.243 e. The maximum atomic E-state index is 13.0. The Labute approximate surface area is 196 Å². The van der Waals surface area contributed by atoms with E-state index in [1.165, 1.54) is 24.6 Å². The summed E-state index contributed by atoms with van der Waals surface area (Å²) in [4.78, 5) is 2.33. The van der Waals surface area contributed by atoms with Gasteiger partial charge in [0, 0.05) is 39.8 Å². The fourth-order valence-electron chi connectivity index (χ4n) is 3.66. The molecule has 0 amide bonds. The average molecular weight is 498 g/mol. The molecule has 0 aliphatic carbocycles. The highest BCUT2D eigenvalue weighted by Crippen LogP contribution is 2.32. The number of benzene rings is 2. The summed E-state index contributed by atoms with van der Waals surface area (Å²) < 4.78 is 65.6. The van der Waals surface area contributed by atoms with Crippen LogP contribution in [0.15, 0.2) is 52.3 Å². The third kappa shape index (κ3) is 5.85. The Kier molecular flexibility index (Phi) is 8.35. The lowest BCUT2D eigenvalue weighted by atomic mass is 10.2. The lowest BCUT2D eigenvalue weighted by Gasteiger charge is -2.36. The molecule has 182 valence electrons. The largest absolute Gasteiger partial charge is 0.495 e. The van der Waals surface area contributed by atoms with Gasteiger partial charge >= 0.3 is 0 Å². The zero-order valence-corrected chi connectivity index (χ0v) is 20.8. The molecule has 0 spiro atoms. The maximum absolute atomic E-state index is 13.0. The number of ether oxygens (including phenoxy) is 2. The fraction of sp³-hybridized carbons (Fsp3) is 0.455. The van der Waals surface area contributed by atoms with E-state index in [-0.39, 0.29) is 36.0 Å². The fourth-order valence-corrected chi connectivity index (χ4v) is 6.12. The number of nitrogens with one attached hydrogen (secondary N) is 1. The molecular formula is C22H31N3O6S2. The van der Waals surface area contributed by atoms with Gasteiger partial charge in [-0.2, -0.15) is 4.31 Å². The van der Waals surface area contributed by atoms with E-state index < -0.39 is 20.0 Å². The van der Waals surface area contributed by atoms with Gasteiger partial charge in [0.1, 0.15) is 5.75 Å². The molecule has 0 bridgehead atoms. The van der Waals surface area contributed by atoms with Gasteiger partial charge in [-0.3, -0.25) is 0 Å². The molecule has 0 saturated carbocycles. The van der Waals surface area contributed by atoms with E-state index in [1.807, 2.05) is 24.0 Å². The Morgan fingerprint density at radius 2 is 1.55 bits per heavy atom. The highest BCUT2D eigenvalue weighted by molar-refractivity contribution is 7.89. The second-order valence-corrected chi connectivity index (χ2v) is 11.3. The zero-order chi connectivity index (χ0) is 24.1.